The van der Waals surface area contributed by atoms with Crippen LogP contribution in [0, 0.1) is 69.0 Å². The number of alkyl halides is 3. The van der Waals surface area contributed by atoms with Crippen molar-refractivity contribution in [1.29, 1.82) is 0 Å². The summed E-state index contributed by atoms with van der Waals surface area (Å²) in [7, 11) is 0. The van der Waals surface area contributed by atoms with Crippen LogP contribution in [0.1, 0.15) is 143 Å². The lowest BCUT2D eigenvalue weighted by molar-refractivity contribution is -0.249. The van der Waals surface area contributed by atoms with Crippen molar-refractivity contribution in [2.75, 3.05) is 0 Å². The molecule has 53 heavy (non-hydrogen) atoms. The number of aliphatic carboxylic acids is 1. The highest BCUT2D eigenvalue weighted by Gasteiger charge is 2.72. The number of fused-ring (bicyclic) bond motifs is 7. The maximum Gasteiger partial charge on any atom is 0.449 e. The highest BCUT2D eigenvalue weighted by molar-refractivity contribution is 5.84. The molecule has 0 spiro atoms. The molecule has 5 fully saturated rings. The first-order valence-corrected chi connectivity index (χ1v) is 19.9. The van der Waals surface area contributed by atoms with Gasteiger partial charge in [0, 0.05) is 17.5 Å². The highest BCUT2D eigenvalue weighted by atomic mass is 19.4. The van der Waals surface area contributed by atoms with Crippen molar-refractivity contribution in [3.63, 3.8) is 0 Å². The number of ether oxygens (including phenoxy) is 1. The van der Waals surface area contributed by atoms with Gasteiger partial charge in [-0.3, -0.25) is 14.4 Å². The molecule has 1 heterocycles. The topological polar surface area (TPSA) is 106 Å². The molecule has 0 saturated heterocycles. The Balaban J connectivity index is 1.26. The summed E-state index contributed by atoms with van der Waals surface area (Å²) in [5, 5.41) is 12.6. The molecule has 1 aromatic rings. The second-order valence-corrected chi connectivity index (χ2v) is 20.0. The number of esters is 1. The van der Waals surface area contributed by atoms with Crippen molar-refractivity contribution in [1.82, 2.24) is 5.32 Å². The largest absolute Gasteiger partial charge is 0.481 e. The average Bonchev–Trinajstić information content (AvgIpc) is 3.63. The van der Waals surface area contributed by atoms with Crippen LogP contribution in [0.4, 0.5) is 13.2 Å². The Morgan fingerprint density at radius 1 is 0.943 bits per heavy atom. The molecule has 0 bridgehead atoms. The van der Waals surface area contributed by atoms with Crippen molar-refractivity contribution < 1.29 is 41.8 Å². The molecule has 1 unspecified atom stereocenters. The smallest absolute Gasteiger partial charge is 0.449 e. The molecule has 5 aliphatic rings. The summed E-state index contributed by atoms with van der Waals surface area (Å²) in [6, 6.07) is 0. The summed E-state index contributed by atoms with van der Waals surface area (Å²) >= 11 is 0. The number of hydrogen-bond acceptors (Lipinski definition) is 5. The van der Waals surface area contributed by atoms with E-state index in [-0.39, 0.29) is 70.0 Å². The summed E-state index contributed by atoms with van der Waals surface area (Å²) in [4.78, 5) is 39.3. The predicted octanol–water partition coefficient (Wildman–Crippen LogP) is 10.3. The maximum atomic E-state index is 14.5. The Bertz CT molecular complexity index is 1660. The summed E-state index contributed by atoms with van der Waals surface area (Å²) in [6.07, 6.45) is 4.92. The van der Waals surface area contributed by atoms with E-state index in [0.29, 0.717) is 30.2 Å². The zero-order chi connectivity index (χ0) is 39.3. The SMILES string of the molecule is C=C(C)[C@@H]1CC[C@]2(C(=O)NCc3c(C)coc3C(F)(F)F)CC[C@]3(C)[C@H](CC[C@@H]4[C@@]5(C)CC[C@H](OC(=O)CC(C)(C)C(=O)O)C(C)(C)[C@@H]5CC[C@]43C)C12. The molecule has 10 heteroatoms. The fraction of sp³-hybridized carbons (Fsp3) is 0.791. The Hall–Kier alpha value is -2.78. The van der Waals surface area contributed by atoms with Gasteiger partial charge in [0.1, 0.15) is 6.10 Å². The van der Waals surface area contributed by atoms with E-state index >= 15 is 0 Å². The monoisotopic (exact) mass is 745 g/mol. The molecule has 5 aliphatic carbocycles. The quantitative estimate of drug-likeness (QED) is 0.203. The van der Waals surface area contributed by atoms with Gasteiger partial charge < -0.3 is 19.6 Å². The maximum absolute atomic E-state index is 14.5. The molecule has 296 valence electrons. The van der Waals surface area contributed by atoms with Gasteiger partial charge in [0.25, 0.3) is 0 Å². The van der Waals surface area contributed by atoms with E-state index < -0.39 is 34.7 Å². The lowest BCUT2D eigenvalue weighted by atomic mass is 9.32. The van der Waals surface area contributed by atoms with Crippen LogP contribution in [0.15, 0.2) is 22.8 Å². The van der Waals surface area contributed by atoms with Gasteiger partial charge in [0.15, 0.2) is 0 Å². The third-order valence-corrected chi connectivity index (χ3v) is 16.7. The van der Waals surface area contributed by atoms with Crippen LogP contribution in [0.25, 0.3) is 0 Å². The number of carbonyl (C=O) groups is 3. The number of carboxylic acids is 1. The van der Waals surface area contributed by atoms with E-state index in [9.17, 15) is 32.7 Å². The first-order valence-electron chi connectivity index (χ1n) is 19.9. The molecule has 2 N–H and O–H groups in total. The minimum absolute atomic E-state index is 0.00658. The number of amides is 1. The second kappa shape index (κ2) is 12.9. The van der Waals surface area contributed by atoms with Crippen LogP contribution >= 0.6 is 0 Å². The predicted molar refractivity (Wildman–Crippen MR) is 195 cm³/mol. The molecule has 0 aromatic carbocycles. The van der Waals surface area contributed by atoms with E-state index in [1.807, 2.05) is 0 Å². The van der Waals surface area contributed by atoms with Crippen LogP contribution in [0.5, 0.6) is 0 Å². The number of furan rings is 1. The normalized spacial score (nSPS) is 39.2. The van der Waals surface area contributed by atoms with Crippen molar-refractivity contribution in [3.05, 3.63) is 35.3 Å². The second-order valence-electron chi connectivity index (χ2n) is 20.0. The lowest BCUT2D eigenvalue weighted by Gasteiger charge is -2.72. The van der Waals surface area contributed by atoms with Gasteiger partial charge in [-0.2, -0.15) is 13.2 Å². The Morgan fingerprint density at radius 3 is 2.25 bits per heavy atom. The Labute approximate surface area is 313 Å². The van der Waals surface area contributed by atoms with Gasteiger partial charge in [0.2, 0.25) is 11.7 Å². The molecule has 6 rings (SSSR count). The number of nitrogens with one attached hydrogen (secondary N) is 1. The van der Waals surface area contributed by atoms with Gasteiger partial charge >= 0.3 is 18.1 Å². The number of halogens is 3. The van der Waals surface area contributed by atoms with E-state index in [4.69, 9.17) is 9.15 Å². The van der Waals surface area contributed by atoms with Crippen LogP contribution in [0.2, 0.25) is 0 Å². The number of aryl methyl sites for hydroxylation is 1. The van der Waals surface area contributed by atoms with E-state index in [2.05, 4.69) is 53.4 Å². The Morgan fingerprint density at radius 2 is 1.62 bits per heavy atom. The van der Waals surface area contributed by atoms with Gasteiger partial charge in [0.05, 0.1) is 23.5 Å². The number of rotatable bonds is 8. The number of hydrogen-bond donors (Lipinski definition) is 2. The molecule has 5 saturated carbocycles. The van der Waals surface area contributed by atoms with Gasteiger partial charge in [-0.05, 0) is 143 Å². The summed E-state index contributed by atoms with van der Waals surface area (Å²) in [5.41, 5.74) is -0.710. The zero-order valence-electron chi connectivity index (χ0n) is 33.4. The molecule has 1 aromatic heterocycles. The summed E-state index contributed by atoms with van der Waals surface area (Å²) in [5.74, 6) is -1.37. The number of allylic oxidation sites excluding steroid dienone is 1. The average molecular weight is 746 g/mol. The van der Waals surface area contributed by atoms with Crippen LogP contribution in [-0.2, 0) is 31.8 Å². The van der Waals surface area contributed by atoms with Crippen molar-refractivity contribution in [2.24, 2.45) is 62.1 Å². The molecule has 0 aliphatic heterocycles. The first kappa shape index (κ1) is 39.9. The van der Waals surface area contributed by atoms with Crippen LogP contribution in [0.3, 0.4) is 0 Å². The molecule has 10 atom stereocenters. The third-order valence-electron chi connectivity index (χ3n) is 16.7. The highest BCUT2D eigenvalue weighted by Crippen LogP contribution is 2.77. The van der Waals surface area contributed by atoms with Crippen molar-refractivity contribution >= 4 is 17.8 Å². The van der Waals surface area contributed by atoms with Crippen molar-refractivity contribution in [3.8, 4) is 0 Å². The number of carbonyl (C=O) groups excluding carboxylic acids is 2. The molecule has 7 nitrogen and oxygen atoms in total. The van der Waals surface area contributed by atoms with Crippen LogP contribution in [-0.4, -0.2) is 29.1 Å². The van der Waals surface area contributed by atoms with Gasteiger partial charge in [-0.15, -0.1) is 0 Å². The van der Waals surface area contributed by atoms with Gasteiger partial charge in [-0.25, -0.2) is 0 Å². The molecule has 0 radical (unpaired) electrons. The fourth-order valence-electron chi connectivity index (χ4n) is 13.6. The molecular formula is C43H62F3NO6. The summed E-state index contributed by atoms with van der Waals surface area (Å²) < 4.78 is 52.3. The zero-order valence-corrected chi connectivity index (χ0v) is 33.4. The summed E-state index contributed by atoms with van der Waals surface area (Å²) in [6.45, 7) is 22.9. The standard InChI is InChI=1S/C43H62F3NO6/c1-24(2)26-13-18-42(35(49)47-22-27-25(3)23-52-34(27)43(44,45)46)20-19-40(9)28(33(26)42)11-12-30-39(8)16-15-31(53-32(48)21-37(4,5)36(50)51)38(6,7)29(39)14-17-41(30,40)10/h23,26,28-31,33H,1,11-22H2,2-10H3,(H,47,49)(H,50,51)/t26-,28+,29-,30+,31-,33?,39-,40+,41+,42-/m0/s1. The first-order chi connectivity index (χ1) is 24.4. The van der Waals surface area contributed by atoms with Crippen molar-refractivity contribution in [2.45, 2.75) is 152 Å². The molecule has 1 amide bonds. The minimum Gasteiger partial charge on any atom is -0.481 e. The van der Waals surface area contributed by atoms with Crippen LogP contribution < -0.4 is 5.32 Å². The Kier molecular flexibility index (Phi) is 9.71. The fourth-order valence-corrected chi connectivity index (χ4v) is 13.6. The van der Waals surface area contributed by atoms with Gasteiger partial charge in [-0.1, -0.05) is 46.8 Å². The molecular weight excluding hydrogens is 683 g/mol. The lowest BCUT2D eigenvalue weighted by Crippen LogP contribution is -2.67. The van der Waals surface area contributed by atoms with E-state index in [1.54, 1.807) is 20.8 Å². The third kappa shape index (κ3) is 6.00. The minimum atomic E-state index is -4.64. The number of carboxylic acid groups (broad SMARTS) is 1. The van der Waals surface area contributed by atoms with E-state index in [1.165, 1.54) is 0 Å². The van der Waals surface area contributed by atoms with E-state index in [0.717, 1.165) is 63.2 Å².